The van der Waals surface area contributed by atoms with E-state index in [0.29, 0.717) is 5.52 Å². The van der Waals surface area contributed by atoms with Gasteiger partial charge < -0.3 is 9.84 Å². The van der Waals surface area contributed by atoms with Gasteiger partial charge in [0.1, 0.15) is 5.72 Å². The number of fused-ring (bicyclic) bond motifs is 1. The number of rotatable bonds is 3. The molecule has 1 aliphatic rings. The average molecular weight is 356 g/mol. The lowest BCUT2D eigenvalue weighted by molar-refractivity contribution is -0.0414. The van der Waals surface area contributed by atoms with E-state index in [9.17, 15) is 18.3 Å². The molecule has 1 amide bonds. The zero-order valence-corrected chi connectivity index (χ0v) is 14.2. The number of amides is 1. The molecule has 1 aromatic carbocycles. The van der Waals surface area contributed by atoms with Crippen LogP contribution in [0.1, 0.15) is 13.8 Å². The molecule has 9 heteroatoms. The minimum absolute atomic E-state index is 0.00810. The van der Waals surface area contributed by atoms with E-state index >= 15 is 0 Å². The molecule has 2 heterocycles. The van der Waals surface area contributed by atoms with Crippen molar-refractivity contribution < 1.29 is 23.1 Å². The van der Waals surface area contributed by atoms with Crippen molar-refractivity contribution in [1.82, 2.24) is 9.88 Å². The first-order chi connectivity index (χ1) is 10.7. The Balaban J connectivity index is 1.90. The quantitative estimate of drug-likeness (QED) is 0.905. The highest BCUT2D eigenvalue weighted by Gasteiger charge is 2.46. The first-order valence-corrected chi connectivity index (χ1v) is 9.42. The van der Waals surface area contributed by atoms with Gasteiger partial charge in [-0.25, -0.2) is 18.2 Å². The minimum atomic E-state index is -3.70. The fourth-order valence-electron chi connectivity index (χ4n) is 2.70. The van der Waals surface area contributed by atoms with Crippen LogP contribution in [0, 0.1) is 0 Å². The Kier molecular flexibility index (Phi) is 3.81. The van der Waals surface area contributed by atoms with Crippen LogP contribution in [0.15, 0.2) is 28.6 Å². The Morgan fingerprint density at radius 1 is 1.48 bits per heavy atom. The molecule has 2 aromatic rings. The monoisotopic (exact) mass is 356 g/mol. The molecule has 0 radical (unpaired) electrons. The summed E-state index contributed by atoms with van der Waals surface area (Å²) in [5.41, 5.74) is -0.422. The third-order valence-electron chi connectivity index (χ3n) is 3.73. The van der Waals surface area contributed by atoms with Crippen LogP contribution < -0.4 is 0 Å². The number of ether oxygens (including phenoxy) is 1. The fraction of sp³-hybridized carbons (Fsp3) is 0.429. The highest BCUT2D eigenvalue weighted by molar-refractivity contribution is 7.93. The lowest BCUT2D eigenvalue weighted by Gasteiger charge is -2.30. The van der Waals surface area contributed by atoms with Crippen LogP contribution in [0.3, 0.4) is 0 Å². The highest BCUT2D eigenvalue weighted by atomic mass is 32.2. The number of sulfone groups is 1. The molecule has 23 heavy (non-hydrogen) atoms. The van der Waals surface area contributed by atoms with Crippen LogP contribution in [0.4, 0.5) is 4.79 Å². The van der Waals surface area contributed by atoms with Crippen molar-refractivity contribution in [3.05, 3.63) is 24.3 Å². The van der Waals surface area contributed by atoms with Crippen molar-refractivity contribution in [2.45, 2.75) is 30.0 Å². The Labute approximate surface area is 137 Å². The zero-order valence-electron chi connectivity index (χ0n) is 12.6. The molecule has 124 valence electrons. The van der Waals surface area contributed by atoms with E-state index in [2.05, 4.69) is 4.98 Å². The lowest BCUT2D eigenvalue weighted by atomic mass is 10.2. The Bertz CT molecular complexity index is 826. The molecule has 0 spiro atoms. The van der Waals surface area contributed by atoms with Gasteiger partial charge in [0.05, 0.1) is 28.6 Å². The van der Waals surface area contributed by atoms with Gasteiger partial charge in [-0.3, -0.25) is 4.90 Å². The van der Waals surface area contributed by atoms with Crippen LogP contribution >= 0.6 is 11.3 Å². The van der Waals surface area contributed by atoms with E-state index in [4.69, 9.17) is 4.74 Å². The average Bonchev–Trinajstić information content (AvgIpc) is 2.99. The largest absolute Gasteiger partial charge is 0.465 e. The number of carboxylic acid groups (broad SMARTS) is 1. The second kappa shape index (κ2) is 5.43. The first-order valence-electron chi connectivity index (χ1n) is 6.95. The highest BCUT2D eigenvalue weighted by Crippen LogP contribution is 2.31. The van der Waals surface area contributed by atoms with Crippen LogP contribution in [0.25, 0.3) is 10.2 Å². The summed E-state index contributed by atoms with van der Waals surface area (Å²) < 4.78 is 31.4. The van der Waals surface area contributed by atoms with Gasteiger partial charge in [0.25, 0.3) is 0 Å². The maximum atomic E-state index is 12.6. The molecule has 0 bridgehead atoms. The summed E-state index contributed by atoms with van der Waals surface area (Å²) in [6.07, 6.45) is -1.20. The summed E-state index contributed by atoms with van der Waals surface area (Å²) in [7, 11) is -3.70. The van der Waals surface area contributed by atoms with E-state index in [0.717, 1.165) is 20.9 Å². The predicted molar refractivity (Wildman–Crippen MR) is 85.4 cm³/mol. The van der Waals surface area contributed by atoms with Crippen LogP contribution in [-0.4, -0.2) is 53.6 Å². The molecular formula is C14H16N2O5S2. The van der Waals surface area contributed by atoms with Crippen LogP contribution in [0.5, 0.6) is 0 Å². The number of para-hydroxylation sites is 1. The van der Waals surface area contributed by atoms with E-state index in [1.165, 1.54) is 0 Å². The lowest BCUT2D eigenvalue weighted by Crippen LogP contribution is -2.49. The van der Waals surface area contributed by atoms with Gasteiger partial charge in [-0.15, -0.1) is 11.3 Å². The Morgan fingerprint density at radius 2 is 2.17 bits per heavy atom. The molecule has 1 aromatic heterocycles. The minimum Gasteiger partial charge on any atom is -0.465 e. The molecule has 1 atom stereocenters. The standard InChI is InChI=1S/C14H16N2O5S2/c1-14(2)16(13(17)18)9(7-21-14)8-23(19,20)12-15-10-5-3-4-6-11(10)22-12/h3-6,9H,7-8H2,1-2H3,(H,17,18)/t9-/m1/s1. The summed E-state index contributed by atoms with van der Waals surface area (Å²) in [6, 6.07) is 6.40. The molecular weight excluding hydrogens is 340 g/mol. The van der Waals surface area contributed by atoms with Gasteiger partial charge in [0, 0.05) is 0 Å². The number of thiazole rings is 1. The predicted octanol–water partition coefficient (Wildman–Crippen LogP) is 2.18. The third-order valence-corrected chi connectivity index (χ3v) is 7.02. The second-order valence-corrected chi connectivity index (χ2v) is 9.03. The third kappa shape index (κ3) is 2.91. The van der Waals surface area contributed by atoms with Crippen molar-refractivity contribution in [2.75, 3.05) is 12.4 Å². The molecule has 7 nitrogen and oxygen atoms in total. The molecule has 1 aliphatic heterocycles. The van der Waals surface area contributed by atoms with Gasteiger partial charge in [0.2, 0.25) is 14.2 Å². The number of hydrogen-bond donors (Lipinski definition) is 1. The van der Waals surface area contributed by atoms with Crippen molar-refractivity contribution >= 4 is 37.5 Å². The Morgan fingerprint density at radius 3 is 2.83 bits per heavy atom. The second-order valence-electron chi connectivity index (χ2n) is 5.79. The topological polar surface area (TPSA) is 96.8 Å². The van der Waals surface area contributed by atoms with E-state index in [1.807, 2.05) is 6.07 Å². The summed E-state index contributed by atoms with van der Waals surface area (Å²) >= 11 is 1.09. The number of nitrogens with zero attached hydrogens (tertiary/aromatic N) is 2. The van der Waals surface area contributed by atoms with E-state index < -0.39 is 27.7 Å². The van der Waals surface area contributed by atoms with Gasteiger partial charge in [0.15, 0.2) is 0 Å². The number of carbonyl (C=O) groups is 1. The van der Waals surface area contributed by atoms with Gasteiger partial charge in [-0.1, -0.05) is 12.1 Å². The van der Waals surface area contributed by atoms with E-state index in [1.54, 1.807) is 32.0 Å². The maximum Gasteiger partial charge on any atom is 0.409 e. The van der Waals surface area contributed by atoms with Crippen molar-refractivity contribution in [1.29, 1.82) is 0 Å². The molecule has 0 unspecified atom stereocenters. The SMILES string of the molecule is CC1(C)OC[C@H](CS(=O)(=O)c2nc3ccccc3s2)N1C(=O)O. The van der Waals surface area contributed by atoms with Gasteiger partial charge >= 0.3 is 6.09 Å². The van der Waals surface area contributed by atoms with E-state index in [-0.39, 0.29) is 16.7 Å². The number of hydrogen-bond acceptors (Lipinski definition) is 6. The fourth-order valence-corrected chi connectivity index (χ4v) is 5.51. The summed E-state index contributed by atoms with van der Waals surface area (Å²) in [4.78, 5) is 16.6. The summed E-state index contributed by atoms with van der Waals surface area (Å²) in [5, 5.41) is 9.34. The smallest absolute Gasteiger partial charge is 0.409 e. The number of benzene rings is 1. The van der Waals surface area contributed by atoms with Gasteiger partial charge in [-0.05, 0) is 26.0 Å². The van der Waals surface area contributed by atoms with Crippen molar-refractivity contribution in [3.8, 4) is 0 Å². The molecule has 0 saturated carbocycles. The maximum absolute atomic E-state index is 12.6. The molecule has 1 N–H and O–H groups in total. The molecule has 1 saturated heterocycles. The zero-order chi connectivity index (χ0) is 16.8. The molecule has 0 aliphatic carbocycles. The van der Waals surface area contributed by atoms with Crippen LogP contribution in [0.2, 0.25) is 0 Å². The van der Waals surface area contributed by atoms with Crippen LogP contribution in [-0.2, 0) is 14.6 Å². The number of aromatic nitrogens is 1. The van der Waals surface area contributed by atoms with Gasteiger partial charge in [-0.2, -0.15) is 0 Å². The Hall–Kier alpha value is -1.71. The normalized spacial score (nSPS) is 21.0. The summed E-state index contributed by atoms with van der Waals surface area (Å²) in [6.45, 7) is 3.25. The first kappa shape index (κ1) is 16.2. The summed E-state index contributed by atoms with van der Waals surface area (Å²) in [5.74, 6) is -0.345. The van der Waals surface area contributed by atoms with Crippen molar-refractivity contribution in [2.24, 2.45) is 0 Å². The molecule has 3 rings (SSSR count). The molecule has 1 fully saturated rings. The van der Waals surface area contributed by atoms with Crippen molar-refractivity contribution in [3.63, 3.8) is 0 Å².